The number of carbonyl (C=O) groups is 1. The first-order valence-corrected chi connectivity index (χ1v) is 6.03. The molecule has 0 saturated heterocycles. The highest BCUT2D eigenvalue weighted by molar-refractivity contribution is 7.09. The second kappa shape index (κ2) is 4.69. The average Bonchev–Trinajstić information content (AvgIpc) is 2.62. The predicted molar refractivity (Wildman–Crippen MR) is 68.6 cm³/mol. The van der Waals surface area contributed by atoms with Gasteiger partial charge in [0.1, 0.15) is 17.2 Å². The van der Waals surface area contributed by atoms with Crippen LogP contribution in [0.5, 0.6) is 0 Å². The summed E-state index contributed by atoms with van der Waals surface area (Å²) in [5.41, 5.74) is 1.58. The Bertz CT molecular complexity index is 609. The molecule has 0 radical (unpaired) electrons. The number of nitrogens with zero attached hydrogens (tertiary/aromatic N) is 3. The molecule has 0 atom stereocenters. The Morgan fingerprint density at radius 3 is 2.61 bits per heavy atom. The van der Waals surface area contributed by atoms with E-state index in [1.165, 1.54) is 11.5 Å². The normalized spacial score (nSPS) is 10.4. The highest BCUT2D eigenvalue weighted by atomic mass is 32.1. The molecule has 18 heavy (non-hydrogen) atoms. The maximum Gasteiger partial charge on any atom is 0.339 e. The summed E-state index contributed by atoms with van der Waals surface area (Å²) in [5.74, 6) is -0.0661. The molecule has 0 fully saturated rings. The van der Waals surface area contributed by atoms with E-state index in [2.05, 4.69) is 19.7 Å². The molecule has 0 aliphatic rings. The summed E-state index contributed by atoms with van der Waals surface area (Å²) < 4.78 is 4.03. The van der Waals surface area contributed by atoms with Crippen LogP contribution in [0.2, 0.25) is 0 Å². The van der Waals surface area contributed by atoms with Gasteiger partial charge in [0.05, 0.1) is 0 Å². The van der Waals surface area contributed by atoms with Crippen molar-refractivity contribution in [2.75, 3.05) is 5.32 Å². The predicted octanol–water partition coefficient (Wildman–Crippen LogP) is 2.30. The van der Waals surface area contributed by atoms with Gasteiger partial charge in [-0.05, 0) is 32.4 Å². The van der Waals surface area contributed by atoms with Crippen molar-refractivity contribution in [3.05, 3.63) is 28.7 Å². The number of aromatic carboxylic acids is 1. The van der Waals surface area contributed by atoms with E-state index >= 15 is 0 Å². The first-order valence-electron chi connectivity index (χ1n) is 5.26. The highest BCUT2D eigenvalue weighted by Crippen LogP contribution is 2.23. The number of nitrogens with one attached hydrogen (secondary N) is 1. The summed E-state index contributed by atoms with van der Waals surface area (Å²) in [6.07, 6.45) is 0. The molecule has 0 aliphatic heterocycles. The van der Waals surface area contributed by atoms with E-state index in [1.807, 2.05) is 6.92 Å². The van der Waals surface area contributed by atoms with Crippen LogP contribution in [0.1, 0.15) is 27.4 Å². The maximum atomic E-state index is 11.2. The third-order valence-corrected chi connectivity index (χ3v) is 3.03. The van der Waals surface area contributed by atoms with Gasteiger partial charge in [0, 0.05) is 17.2 Å². The SMILES string of the molecule is Cc1cc(C)c(C(=O)O)c(Nc2nc(C)ns2)n1. The van der Waals surface area contributed by atoms with E-state index in [4.69, 9.17) is 0 Å². The summed E-state index contributed by atoms with van der Waals surface area (Å²) in [5, 5.41) is 12.7. The molecular weight excluding hydrogens is 252 g/mol. The van der Waals surface area contributed by atoms with Gasteiger partial charge in [-0.25, -0.2) is 14.8 Å². The molecule has 0 bridgehead atoms. The molecule has 0 amide bonds. The Kier molecular flexibility index (Phi) is 3.24. The van der Waals surface area contributed by atoms with Gasteiger partial charge in [0.25, 0.3) is 0 Å². The van der Waals surface area contributed by atoms with Crippen LogP contribution in [-0.4, -0.2) is 25.4 Å². The Labute approximate surface area is 108 Å². The van der Waals surface area contributed by atoms with Gasteiger partial charge < -0.3 is 10.4 Å². The lowest BCUT2D eigenvalue weighted by Gasteiger charge is -2.09. The lowest BCUT2D eigenvalue weighted by Crippen LogP contribution is -2.08. The number of aryl methyl sites for hydroxylation is 3. The van der Waals surface area contributed by atoms with Crippen molar-refractivity contribution in [1.82, 2.24) is 14.3 Å². The number of hydrogen-bond donors (Lipinski definition) is 2. The summed E-state index contributed by atoms with van der Waals surface area (Å²) in [4.78, 5) is 19.6. The minimum Gasteiger partial charge on any atom is -0.478 e. The first kappa shape index (κ1) is 12.4. The summed E-state index contributed by atoms with van der Waals surface area (Å²) >= 11 is 1.17. The zero-order valence-electron chi connectivity index (χ0n) is 10.2. The van der Waals surface area contributed by atoms with E-state index in [1.54, 1.807) is 19.9 Å². The van der Waals surface area contributed by atoms with Crippen molar-refractivity contribution in [2.45, 2.75) is 20.8 Å². The third-order valence-electron chi connectivity index (χ3n) is 2.31. The second-order valence-corrected chi connectivity index (χ2v) is 4.63. The minimum atomic E-state index is -1.01. The molecule has 0 unspecified atom stereocenters. The number of carboxylic acid groups (broad SMARTS) is 1. The van der Waals surface area contributed by atoms with Crippen LogP contribution < -0.4 is 5.32 Å². The summed E-state index contributed by atoms with van der Waals surface area (Å²) in [6.45, 7) is 5.33. The Morgan fingerprint density at radius 2 is 2.06 bits per heavy atom. The lowest BCUT2D eigenvalue weighted by molar-refractivity contribution is 0.0697. The van der Waals surface area contributed by atoms with Crippen LogP contribution in [0, 0.1) is 20.8 Å². The van der Waals surface area contributed by atoms with Gasteiger partial charge in [-0.15, -0.1) is 0 Å². The fourth-order valence-corrected chi connectivity index (χ4v) is 2.22. The van der Waals surface area contributed by atoms with Gasteiger partial charge in [-0.1, -0.05) is 0 Å². The van der Waals surface area contributed by atoms with Gasteiger partial charge in [-0.3, -0.25) is 0 Å². The van der Waals surface area contributed by atoms with Crippen LogP contribution in [0.3, 0.4) is 0 Å². The monoisotopic (exact) mass is 264 g/mol. The number of carboxylic acids is 1. The smallest absolute Gasteiger partial charge is 0.339 e. The lowest BCUT2D eigenvalue weighted by atomic mass is 10.1. The van der Waals surface area contributed by atoms with Crippen LogP contribution in [0.25, 0.3) is 0 Å². The zero-order valence-corrected chi connectivity index (χ0v) is 11.0. The van der Waals surface area contributed by atoms with Crippen molar-refractivity contribution < 1.29 is 9.90 Å². The van der Waals surface area contributed by atoms with Crippen molar-refractivity contribution >= 4 is 28.5 Å². The number of rotatable bonds is 3. The van der Waals surface area contributed by atoms with Crippen molar-refractivity contribution in [3.8, 4) is 0 Å². The molecule has 0 aliphatic carbocycles. The topological polar surface area (TPSA) is 88.0 Å². The standard InChI is InChI=1S/C11H12N4O2S/c1-5-4-6(2)12-9(8(5)10(16)17)14-11-13-7(3)15-18-11/h4H,1-3H3,(H,16,17)(H,12,13,14,15). The summed E-state index contributed by atoms with van der Waals surface area (Å²) in [7, 11) is 0. The van der Waals surface area contributed by atoms with Crippen LogP contribution in [0.4, 0.5) is 10.9 Å². The quantitative estimate of drug-likeness (QED) is 0.884. The molecular formula is C11H12N4O2S. The zero-order chi connectivity index (χ0) is 13.3. The maximum absolute atomic E-state index is 11.2. The number of pyridine rings is 1. The van der Waals surface area contributed by atoms with E-state index < -0.39 is 5.97 Å². The average molecular weight is 264 g/mol. The van der Waals surface area contributed by atoms with E-state index in [-0.39, 0.29) is 5.56 Å². The van der Waals surface area contributed by atoms with Crippen LogP contribution >= 0.6 is 11.5 Å². The number of aromatic nitrogens is 3. The number of anilines is 2. The minimum absolute atomic E-state index is 0.161. The van der Waals surface area contributed by atoms with Gasteiger partial charge in [0.15, 0.2) is 0 Å². The molecule has 0 spiro atoms. The fourth-order valence-electron chi connectivity index (χ4n) is 1.65. The Balaban J connectivity index is 2.45. The highest BCUT2D eigenvalue weighted by Gasteiger charge is 2.16. The van der Waals surface area contributed by atoms with Crippen molar-refractivity contribution in [2.24, 2.45) is 0 Å². The largest absolute Gasteiger partial charge is 0.478 e. The van der Waals surface area contributed by atoms with Gasteiger partial charge in [0.2, 0.25) is 5.13 Å². The molecule has 2 heterocycles. The van der Waals surface area contributed by atoms with E-state index in [0.29, 0.717) is 22.3 Å². The molecule has 6 nitrogen and oxygen atoms in total. The van der Waals surface area contributed by atoms with E-state index in [9.17, 15) is 9.90 Å². The molecule has 2 rings (SSSR count). The Hall–Kier alpha value is -2.02. The fraction of sp³-hybridized carbons (Fsp3) is 0.273. The third kappa shape index (κ3) is 2.45. The second-order valence-electron chi connectivity index (χ2n) is 3.88. The molecule has 94 valence electrons. The van der Waals surface area contributed by atoms with Crippen LogP contribution in [0.15, 0.2) is 6.07 Å². The van der Waals surface area contributed by atoms with Crippen molar-refractivity contribution in [3.63, 3.8) is 0 Å². The van der Waals surface area contributed by atoms with Gasteiger partial charge in [-0.2, -0.15) is 4.37 Å². The molecule has 2 aromatic rings. The first-order chi connectivity index (χ1) is 8.47. The molecule has 0 saturated carbocycles. The van der Waals surface area contributed by atoms with E-state index in [0.717, 1.165) is 5.69 Å². The Morgan fingerprint density at radius 1 is 1.33 bits per heavy atom. The molecule has 0 aromatic carbocycles. The summed E-state index contributed by atoms with van der Waals surface area (Å²) in [6, 6.07) is 1.74. The molecule has 2 aromatic heterocycles. The van der Waals surface area contributed by atoms with Crippen molar-refractivity contribution in [1.29, 1.82) is 0 Å². The number of hydrogen-bond acceptors (Lipinski definition) is 6. The molecule has 2 N–H and O–H groups in total. The van der Waals surface area contributed by atoms with Gasteiger partial charge >= 0.3 is 5.97 Å². The molecule has 7 heteroatoms. The van der Waals surface area contributed by atoms with Crippen LogP contribution in [-0.2, 0) is 0 Å².